The van der Waals surface area contributed by atoms with Crippen LogP contribution in [0.2, 0.25) is 0 Å². The maximum absolute atomic E-state index is 12.0. The quantitative estimate of drug-likeness (QED) is 0.872. The molecule has 0 saturated heterocycles. The Hall–Kier alpha value is -1.84. The summed E-state index contributed by atoms with van der Waals surface area (Å²) < 4.78 is 0. The summed E-state index contributed by atoms with van der Waals surface area (Å²) >= 11 is 0. The van der Waals surface area contributed by atoms with Gasteiger partial charge in [-0.2, -0.15) is 0 Å². The Labute approximate surface area is 126 Å². The van der Waals surface area contributed by atoms with Crippen LogP contribution in [-0.2, 0) is 16.0 Å². The second-order valence-electron chi connectivity index (χ2n) is 5.67. The van der Waals surface area contributed by atoms with Gasteiger partial charge in [-0.1, -0.05) is 43.2 Å². The molecule has 4 nitrogen and oxygen atoms in total. The standard InChI is InChI=1S/C17H24N2O2/c1-14(20)19(16-9-5-6-10-16)13-17(21)18-12-11-15-7-3-2-4-8-15/h2-4,7-8,16H,5-6,9-13H2,1H3,(H,18,21). The second kappa shape index (κ2) is 7.81. The van der Waals surface area contributed by atoms with Gasteiger partial charge in [0.15, 0.2) is 0 Å². The fraction of sp³-hybridized carbons (Fsp3) is 0.529. The second-order valence-corrected chi connectivity index (χ2v) is 5.67. The van der Waals surface area contributed by atoms with Gasteiger partial charge in [0.1, 0.15) is 0 Å². The van der Waals surface area contributed by atoms with E-state index in [1.54, 1.807) is 11.8 Å². The topological polar surface area (TPSA) is 49.4 Å². The molecule has 1 fully saturated rings. The van der Waals surface area contributed by atoms with E-state index in [1.165, 1.54) is 5.56 Å². The van der Waals surface area contributed by atoms with Crippen molar-refractivity contribution in [3.8, 4) is 0 Å². The molecule has 0 heterocycles. The lowest BCUT2D eigenvalue weighted by atomic mass is 10.1. The minimum Gasteiger partial charge on any atom is -0.354 e. The van der Waals surface area contributed by atoms with Crippen molar-refractivity contribution in [2.24, 2.45) is 0 Å². The number of carbonyl (C=O) groups excluding carboxylic acids is 2. The smallest absolute Gasteiger partial charge is 0.239 e. The van der Waals surface area contributed by atoms with E-state index >= 15 is 0 Å². The van der Waals surface area contributed by atoms with Crippen LogP contribution >= 0.6 is 0 Å². The predicted octanol–water partition coefficient (Wildman–Crippen LogP) is 2.14. The Bertz CT molecular complexity index is 467. The molecule has 1 aliphatic carbocycles. The number of nitrogens with zero attached hydrogens (tertiary/aromatic N) is 1. The van der Waals surface area contributed by atoms with Gasteiger partial charge in [0, 0.05) is 19.5 Å². The minimum absolute atomic E-state index is 0.000101. The highest BCUT2D eigenvalue weighted by Gasteiger charge is 2.25. The van der Waals surface area contributed by atoms with E-state index in [2.05, 4.69) is 5.32 Å². The van der Waals surface area contributed by atoms with Crippen molar-refractivity contribution in [3.05, 3.63) is 35.9 Å². The number of hydrogen-bond acceptors (Lipinski definition) is 2. The van der Waals surface area contributed by atoms with Crippen LogP contribution in [0, 0.1) is 0 Å². The molecule has 0 aromatic heterocycles. The minimum atomic E-state index is -0.0620. The van der Waals surface area contributed by atoms with Crippen molar-refractivity contribution in [1.29, 1.82) is 0 Å². The molecule has 2 amide bonds. The largest absolute Gasteiger partial charge is 0.354 e. The lowest BCUT2D eigenvalue weighted by Gasteiger charge is -2.27. The van der Waals surface area contributed by atoms with Gasteiger partial charge in [0.05, 0.1) is 6.54 Å². The van der Waals surface area contributed by atoms with Gasteiger partial charge in [-0.15, -0.1) is 0 Å². The molecule has 0 radical (unpaired) electrons. The van der Waals surface area contributed by atoms with E-state index in [1.807, 2.05) is 30.3 Å². The first-order chi connectivity index (χ1) is 10.2. The van der Waals surface area contributed by atoms with E-state index in [4.69, 9.17) is 0 Å². The lowest BCUT2D eigenvalue weighted by Crippen LogP contribution is -2.44. The molecule has 1 saturated carbocycles. The average Bonchev–Trinajstić information content (AvgIpc) is 2.99. The molecular weight excluding hydrogens is 264 g/mol. The number of rotatable bonds is 6. The van der Waals surface area contributed by atoms with Crippen LogP contribution in [0.1, 0.15) is 38.2 Å². The average molecular weight is 288 g/mol. The highest BCUT2D eigenvalue weighted by atomic mass is 16.2. The molecule has 2 rings (SSSR count). The van der Waals surface area contributed by atoms with Crippen LogP contribution < -0.4 is 5.32 Å². The van der Waals surface area contributed by atoms with Crippen LogP contribution in [0.3, 0.4) is 0 Å². The molecule has 0 bridgehead atoms. The van der Waals surface area contributed by atoms with Crippen molar-refractivity contribution in [1.82, 2.24) is 10.2 Å². The first kappa shape index (κ1) is 15.5. The Balaban J connectivity index is 1.75. The monoisotopic (exact) mass is 288 g/mol. The number of hydrogen-bond donors (Lipinski definition) is 1. The van der Waals surface area contributed by atoms with Gasteiger partial charge < -0.3 is 10.2 Å². The summed E-state index contributed by atoms with van der Waals surface area (Å²) in [6.45, 7) is 2.35. The van der Waals surface area contributed by atoms with E-state index in [0.717, 1.165) is 32.1 Å². The summed E-state index contributed by atoms with van der Waals surface area (Å²) in [6, 6.07) is 10.3. The third-order valence-corrected chi connectivity index (χ3v) is 4.06. The summed E-state index contributed by atoms with van der Waals surface area (Å²) in [5.41, 5.74) is 1.21. The molecule has 0 aliphatic heterocycles. The van der Waals surface area contributed by atoms with Crippen LogP contribution in [-0.4, -0.2) is 35.8 Å². The molecule has 0 atom stereocenters. The fourth-order valence-electron chi connectivity index (χ4n) is 2.92. The van der Waals surface area contributed by atoms with E-state index < -0.39 is 0 Å². The van der Waals surface area contributed by atoms with Gasteiger partial charge in [-0.25, -0.2) is 0 Å². The van der Waals surface area contributed by atoms with E-state index in [9.17, 15) is 9.59 Å². The third-order valence-electron chi connectivity index (χ3n) is 4.06. The van der Waals surface area contributed by atoms with Gasteiger partial charge in [0.25, 0.3) is 0 Å². The van der Waals surface area contributed by atoms with Crippen molar-refractivity contribution in [2.75, 3.05) is 13.1 Å². The predicted molar refractivity (Wildman–Crippen MR) is 82.8 cm³/mol. The summed E-state index contributed by atoms with van der Waals surface area (Å²) in [5.74, 6) is -0.0619. The van der Waals surface area contributed by atoms with Crippen LogP contribution in [0.5, 0.6) is 0 Å². The van der Waals surface area contributed by atoms with Crippen LogP contribution in [0.4, 0.5) is 0 Å². The van der Waals surface area contributed by atoms with E-state index in [-0.39, 0.29) is 24.4 Å². The molecule has 21 heavy (non-hydrogen) atoms. The Morgan fingerprint density at radius 3 is 2.48 bits per heavy atom. The summed E-state index contributed by atoms with van der Waals surface area (Å²) in [5, 5.41) is 2.91. The first-order valence-corrected chi connectivity index (χ1v) is 7.74. The summed E-state index contributed by atoms with van der Waals surface area (Å²) in [6.07, 6.45) is 5.18. The Morgan fingerprint density at radius 2 is 1.86 bits per heavy atom. The highest BCUT2D eigenvalue weighted by Crippen LogP contribution is 2.23. The SMILES string of the molecule is CC(=O)N(CC(=O)NCCc1ccccc1)C1CCCC1. The van der Waals surface area contributed by atoms with Crippen LogP contribution in [0.15, 0.2) is 30.3 Å². The highest BCUT2D eigenvalue weighted by molar-refractivity contribution is 5.84. The van der Waals surface area contributed by atoms with Gasteiger partial charge in [-0.05, 0) is 24.8 Å². The molecule has 4 heteroatoms. The van der Waals surface area contributed by atoms with Gasteiger partial charge in [-0.3, -0.25) is 9.59 Å². The molecule has 1 aromatic rings. The molecule has 1 N–H and O–H groups in total. The molecule has 1 aromatic carbocycles. The fourth-order valence-corrected chi connectivity index (χ4v) is 2.92. The maximum atomic E-state index is 12.0. The number of amides is 2. The normalized spacial score (nSPS) is 14.9. The van der Waals surface area contributed by atoms with E-state index in [0.29, 0.717) is 6.54 Å². The maximum Gasteiger partial charge on any atom is 0.239 e. The number of carbonyl (C=O) groups is 2. The van der Waals surface area contributed by atoms with Crippen molar-refractivity contribution in [2.45, 2.75) is 45.1 Å². The Kier molecular flexibility index (Phi) is 5.78. The number of nitrogens with one attached hydrogen (secondary N) is 1. The Morgan fingerprint density at radius 1 is 1.19 bits per heavy atom. The zero-order chi connectivity index (χ0) is 15.1. The first-order valence-electron chi connectivity index (χ1n) is 7.74. The molecular formula is C17H24N2O2. The lowest BCUT2D eigenvalue weighted by molar-refractivity contribution is -0.136. The van der Waals surface area contributed by atoms with Gasteiger partial charge in [0.2, 0.25) is 11.8 Å². The van der Waals surface area contributed by atoms with Crippen LogP contribution in [0.25, 0.3) is 0 Å². The van der Waals surface area contributed by atoms with Crippen molar-refractivity contribution < 1.29 is 9.59 Å². The summed E-state index contributed by atoms with van der Waals surface area (Å²) in [7, 11) is 0. The number of benzene rings is 1. The summed E-state index contributed by atoms with van der Waals surface area (Å²) in [4.78, 5) is 25.4. The van der Waals surface area contributed by atoms with Crippen molar-refractivity contribution in [3.63, 3.8) is 0 Å². The molecule has 114 valence electrons. The zero-order valence-corrected chi connectivity index (χ0v) is 12.7. The molecule has 1 aliphatic rings. The van der Waals surface area contributed by atoms with Gasteiger partial charge >= 0.3 is 0 Å². The third kappa shape index (κ3) is 4.88. The molecule has 0 unspecified atom stereocenters. The molecule has 0 spiro atoms. The van der Waals surface area contributed by atoms with Crippen molar-refractivity contribution >= 4 is 11.8 Å². The zero-order valence-electron chi connectivity index (χ0n) is 12.7.